The second-order valence-corrected chi connectivity index (χ2v) is 9.06. The van der Waals surface area contributed by atoms with Crippen LogP contribution in [-0.4, -0.2) is 32.2 Å². The Labute approximate surface area is 210 Å². The molecule has 5 rings (SSSR count). The Balaban J connectivity index is 1.43. The predicted molar refractivity (Wildman–Crippen MR) is 137 cm³/mol. The van der Waals surface area contributed by atoms with Crippen molar-refractivity contribution < 1.29 is 14.0 Å². The molecule has 0 aliphatic heterocycles. The molecule has 2 aromatic heterocycles. The molecule has 35 heavy (non-hydrogen) atoms. The molecule has 2 heterocycles. The number of ketones is 1. The standard InChI is InChI=1S/C26H19ClN4O3S/c1-16(32)24-23(20-9-5-6-10-21(20)34-24)28-22(33)15-35-26-30-29-25(17-7-3-2-4-8-17)31(26)19-13-11-18(27)12-14-19/h2-14H,15H2,1H3,(H,28,33). The van der Waals surface area contributed by atoms with E-state index in [1.807, 2.05) is 59.2 Å². The Morgan fingerprint density at radius 3 is 2.43 bits per heavy atom. The summed E-state index contributed by atoms with van der Waals surface area (Å²) in [5.41, 5.74) is 2.63. The lowest BCUT2D eigenvalue weighted by molar-refractivity contribution is -0.113. The molecule has 0 bridgehead atoms. The van der Waals surface area contributed by atoms with Crippen molar-refractivity contribution in [1.29, 1.82) is 0 Å². The van der Waals surface area contributed by atoms with Gasteiger partial charge in [-0.1, -0.05) is 65.8 Å². The number of carbonyl (C=O) groups excluding carboxylic acids is 2. The molecule has 0 spiro atoms. The summed E-state index contributed by atoms with van der Waals surface area (Å²) in [6, 6.07) is 24.2. The number of carbonyl (C=O) groups is 2. The van der Waals surface area contributed by atoms with Gasteiger partial charge in [-0.15, -0.1) is 10.2 Å². The maximum absolute atomic E-state index is 12.9. The van der Waals surface area contributed by atoms with E-state index in [1.165, 1.54) is 18.7 Å². The van der Waals surface area contributed by atoms with Crippen molar-refractivity contribution in [2.45, 2.75) is 12.1 Å². The van der Waals surface area contributed by atoms with E-state index in [2.05, 4.69) is 15.5 Å². The lowest BCUT2D eigenvalue weighted by atomic mass is 10.2. The van der Waals surface area contributed by atoms with Gasteiger partial charge in [0.15, 0.2) is 22.5 Å². The minimum Gasteiger partial charge on any atom is -0.451 e. The van der Waals surface area contributed by atoms with Gasteiger partial charge in [0.25, 0.3) is 0 Å². The van der Waals surface area contributed by atoms with Crippen LogP contribution in [0.3, 0.4) is 0 Å². The van der Waals surface area contributed by atoms with E-state index >= 15 is 0 Å². The number of halogens is 1. The highest BCUT2D eigenvalue weighted by atomic mass is 35.5. The number of benzene rings is 3. The number of para-hydroxylation sites is 1. The van der Waals surface area contributed by atoms with Gasteiger partial charge in [0.1, 0.15) is 5.58 Å². The molecule has 9 heteroatoms. The average Bonchev–Trinajstić information content (AvgIpc) is 3.46. The first-order valence-electron chi connectivity index (χ1n) is 10.7. The second-order valence-electron chi connectivity index (χ2n) is 7.68. The van der Waals surface area contributed by atoms with E-state index in [1.54, 1.807) is 24.3 Å². The first-order valence-corrected chi connectivity index (χ1v) is 12.1. The number of hydrogen-bond acceptors (Lipinski definition) is 6. The van der Waals surface area contributed by atoms with E-state index < -0.39 is 0 Å². The minimum absolute atomic E-state index is 0.0529. The number of hydrogen-bond donors (Lipinski definition) is 1. The quantitative estimate of drug-likeness (QED) is 0.208. The molecule has 0 aliphatic rings. The molecule has 0 saturated heterocycles. The fourth-order valence-corrected chi connectivity index (χ4v) is 4.56. The first-order chi connectivity index (χ1) is 17.0. The molecule has 5 aromatic rings. The van der Waals surface area contributed by atoms with Gasteiger partial charge in [0.05, 0.1) is 11.4 Å². The summed E-state index contributed by atoms with van der Waals surface area (Å²) < 4.78 is 7.54. The number of furan rings is 1. The van der Waals surface area contributed by atoms with Crippen molar-refractivity contribution in [3.8, 4) is 17.1 Å². The maximum atomic E-state index is 12.9. The molecule has 174 valence electrons. The van der Waals surface area contributed by atoms with E-state index in [0.29, 0.717) is 32.7 Å². The molecule has 0 saturated carbocycles. The van der Waals surface area contributed by atoms with Crippen molar-refractivity contribution in [1.82, 2.24) is 14.8 Å². The van der Waals surface area contributed by atoms with Crippen LogP contribution in [0, 0.1) is 0 Å². The number of aromatic nitrogens is 3. The van der Waals surface area contributed by atoms with Crippen LogP contribution < -0.4 is 5.32 Å². The average molecular weight is 503 g/mol. The Hall–Kier alpha value is -3.88. The summed E-state index contributed by atoms with van der Waals surface area (Å²) in [6.07, 6.45) is 0. The molecule has 1 amide bonds. The smallest absolute Gasteiger partial charge is 0.234 e. The second kappa shape index (κ2) is 9.77. The zero-order valence-corrected chi connectivity index (χ0v) is 20.1. The number of nitrogens with one attached hydrogen (secondary N) is 1. The Bertz CT molecular complexity index is 1530. The van der Waals surface area contributed by atoms with Gasteiger partial charge in [-0.25, -0.2) is 0 Å². The zero-order valence-electron chi connectivity index (χ0n) is 18.6. The lowest BCUT2D eigenvalue weighted by Crippen LogP contribution is -2.16. The SMILES string of the molecule is CC(=O)c1oc2ccccc2c1NC(=O)CSc1nnc(-c2ccccc2)n1-c1ccc(Cl)cc1. The van der Waals surface area contributed by atoms with Crippen molar-refractivity contribution in [3.05, 3.63) is 89.6 Å². The third-order valence-electron chi connectivity index (χ3n) is 5.26. The molecule has 0 atom stereocenters. The number of thioether (sulfide) groups is 1. The molecular weight excluding hydrogens is 484 g/mol. The summed E-state index contributed by atoms with van der Waals surface area (Å²) in [6.45, 7) is 1.40. The number of nitrogens with zero attached hydrogens (tertiary/aromatic N) is 3. The Morgan fingerprint density at radius 2 is 1.69 bits per heavy atom. The van der Waals surface area contributed by atoms with Crippen LogP contribution in [-0.2, 0) is 4.79 Å². The van der Waals surface area contributed by atoms with E-state index in [0.717, 1.165) is 11.3 Å². The third kappa shape index (κ3) is 4.71. The van der Waals surface area contributed by atoms with Gasteiger partial charge in [0.2, 0.25) is 5.91 Å². The number of amides is 1. The normalized spacial score (nSPS) is 11.0. The monoisotopic (exact) mass is 502 g/mol. The fourth-order valence-electron chi connectivity index (χ4n) is 3.68. The molecule has 0 unspecified atom stereocenters. The van der Waals surface area contributed by atoms with Crippen LogP contribution in [0.5, 0.6) is 0 Å². The highest BCUT2D eigenvalue weighted by Crippen LogP contribution is 2.32. The fraction of sp³-hybridized carbons (Fsp3) is 0.0769. The third-order valence-corrected chi connectivity index (χ3v) is 6.44. The molecule has 0 aliphatic carbocycles. The van der Waals surface area contributed by atoms with Gasteiger partial charge in [-0.05, 0) is 36.4 Å². The summed E-state index contributed by atoms with van der Waals surface area (Å²) in [7, 11) is 0. The number of anilines is 1. The summed E-state index contributed by atoms with van der Waals surface area (Å²) in [5, 5.41) is 13.4. The highest BCUT2D eigenvalue weighted by molar-refractivity contribution is 7.99. The van der Waals surface area contributed by atoms with Crippen LogP contribution in [0.1, 0.15) is 17.5 Å². The van der Waals surface area contributed by atoms with Crippen LogP contribution in [0.4, 0.5) is 5.69 Å². The molecule has 3 aromatic carbocycles. The lowest BCUT2D eigenvalue weighted by Gasteiger charge is -2.11. The van der Waals surface area contributed by atoms with Gasteiger partial charge in [-0.3, -0.25) is 14.2 Å². The maximum Gasteiger partial charge on any atom is 0.234 e. The Morgan fingerprint density at radius 1 is 0.971 bits per heavy atom. The van der Waals surface area contributed by atoms with Crippen molar-refractivity contribution >= 4 is 51.7 Å². The van der Waals surface area contributed by atoms with Gasteiger partial charge < -0.3 is 9.73 Å². The number of Topliss-reactive ketones (excluding diaryl/α,β-unsaturated/α-hetero) is 1. The predicted octanol–water partition coefficient (Wildman–Crippen LogP) is 6.27. The summed E-state index contributed by atoms with van der Waals surface area (Å²) in [5.74, 6) is 0.267. The van der Waals surface area contributed by atoms with Gasteiger partial charge in [-0.2, -0.15) is 0 Å². The van der Waals surface area contributed by atoms with Crippen molar-refractivity contribution in [2.75, 3.05) is 11.1 Å². The van der Waals surface area contributed by atoms with E-state index in [-0.39, 0.29) is 23.2 Å². The molecule has 0 radical (unpaired) electrons. The van der Waals surface area contributed by atoms with Crippen LogP contribution in [0.25, 0.3) is 28.0 Å². The van der Waals surface area contributed by atoms with Crippen LogP contribution in [0.2, 0.25) is 5.02 Å². The van der Waals surface area contributed by atoms with Gasteiger partial charge >= 0.3 is 0 Å². The zero-order chi connectivity index (χ0) is 24.4. The molecule has 1 N–H and O–H groups in total. The molecule has 7 nitrogen and oxygen atoms in total. The number of fused-ring (bicyclic) bond motifs is 1. The van der Waals surface area contributed by atoms with E-state index in [4.69, 9.17) is 16.0 Å². The molecular formula is C26H19ClN4O3S. The summed E-state index contributed by atoms with van der Waals surface area (Å²) in [4.78, 5) is 25.0. The largest absolute Gasteiger partial charge is 0.451 e. The van der Waals surface area contributed by atoms with E-state index in [9.17, 15) is 9.59 Å². The van der Waals surface area contributed by atoms with Crippen molar-refractivity contribution in [3.63, 3.8) is 0 Å². The topological polar surface area (TPSA) is 90.0 Å². The highest BCUT2D eigenvalue weighted by Gasteiger charge is 2.21. The van der Waals surface area contributed by atoms with Gasteiger partial charge in [0, 0.05) is 28.6 Å². The minimum atomic E-state index is -0.295. The molecule has 0 fully saturated rings. The first kappa shape index (κ1) is 22.9. The van der Waals surface area contributed by atoms with Crippen molar-refractivity contribution in [2.24, 2.45) is 0 Å². The number of rotatable bonds is 7. The van der Waals surface area contributed by atoms with Crippen LogP contribution in [0.15, 0.2) is 88.4 Å². The Kier molecular flexibility index (Phi) is 6.39. The summed E-state index contributed by atoms with van der Waals surface area (Å²) >= 11 is 7.33. The van der Waals surface area contributed by atoms with Crippen LogP contribution >= 0.6 is 23.4 Å².